The molecular weight excluding hydrogens is 901 g/mol. The number of ether oxygens (including phenoxy) is 2. The number of hydrogen-bond acceptors (Lipinski definition) is 13. The first kappa shape index (κ1) is 62.1. The molecule has 0 aliphatic rings. The highest BCUT2D eigenvalue weighted by atomic mass is 16.5. The molecule has 24 nitrogen and oxygen atoms in total. The van der Waals surface area contributed by atoms with Crippen LogP contribution in [-0.2, 0) is 62.2 Å². The van der Waals surface area contributed by atoms with E-state index in [1.54, 1.807) is 6.92 Å². The third-order valence-electron chi connectivity index (χ3n) is 10.2. The predicted molar refractivity (Wildman–Crippen MR) is 241 cm³/mol. The zero-order valence-electron chi connectivity index (χ0n) is 39.2. The number of carbonyl (C=O) groups is 11. The molecule has 0 unspecified atom stereocenters. The SMILES string of the molecule is C[C@@H](CCCCNC(=O)CC[C@H](NC(=O)CC[C@H](NC(=O)CC[C@H](NC(=O)CCC(=O)NCCCOCCCCOCCCNC(=O)CCCCCCC(=O)O)C(=O)O)C(=O)O)C(=O)O)C(=O)O. The molecule has 0 saturated carbocycles. The molecule has 0 aliphatic heterocycles. The van der Waals surface area contributed by atoms with Crippen molar-refractivity contribution in [2.75, 3.05) is 46.1 Å². The Morgan fingerprint density at radius 3 is 1.13 bits per heavy atom. The van der Waals surface area contributed by atoms with Crippen molar-refractivity contribution in [1.29, 1.82) is 0 Å². The van der Waals surface area contributed by atoms with Gasteiger partial charge in [-0.25, -0.2) is 14.4 Å². The molecule has 0 fully saturated rings. The first-order chi connectivity index (χ1) is 32.3. The van der Waals surface area contributed by atoms with Gasteiger partial charge in [0.2, 0.25) is 35.4 Å². The van der Waals surface area contributed by atoms with Crippen LogP contribution in [0.4, 0.5) is 0 Å². The maximum atomic E-state index is 12.5. The lowest BCUT2D eigenvalue weighted by Gasteiger charge is -2.18. The Hall–Kier alpha value is -5.91. The number of rotatable bonds is 44. The molecule has 11 N–H and O–H groups in total. The van der Waals surface area contributed by atoms with Gasteiger partial charge in [-0.05, 0) is 70.6 Å². The fraction of sp³-hybridized carbons (Fsp3) is 0.750. The first-order valence-corrected chi connectivity index (χ1v) is 23.3. The smallest absolute Gasteiger partial charge is 0.326 e. The lowest BCUT2D eigenvalue weighted by atomic mass is 10.0. The van der Waals surface area contributed by atoms with Crippen molar-refractivity contribution in [2.24, 2.45) is 5.92 Å². The van der Waals surface area contributed by atoms with Crippen LogP contribution in [0.15, 0.2) is 0 Å². The highest BCUT2D eigenvalue weighted by Gasteiger charge is 2.26. The van der Waals surface area contributed by atoms with E-state index in [-0.39, 0.29) is 51.1 Å². The van der Waals surface area contributed by atoms with Crippen LogP contribution >= 0.6 is 0 Å². The second-order valence-corrected chi connectivity index (χ2v) is 16.2. The van der Waals surface area contributed by atoms with Gasteiger partial charge in [0.1, 0.15) is 18.1 Å². The zero-order chi connectivity index (χ0) is 51.1. The van der Waals surface area contributed by atoms with E-state index in [0.717, 1.165) is 32.1 Å². The molecule has 0 saturated heterocycles. The predicted octanol–water partition coefficient (Wildman–Crippen LogP) is 1.07. The molecule has 0 radical (unpaired) electrons. The van der Waals surface area contributed by atoms with Crippen molar-refractivity contribution in [3.8, 4) is 0 Å². The topological polar surface area (TPSA) is 380 Å². The molecule has 6 amide bonds. The number of carboxylic acids is 5. The molecule has 388 valence electrons. The van der Waals surface area contributed by atoms with Gasteiger partial charge in [0.05, 0.1) is 5.92 Å². The number of unbranched alkanes of at least 4 members (excludes halogenated alkanes) is 5. The van der Waals surface area contributed by atoms with Crippen molar-refractivity contribution < 1.29 is 87.7 Å². The van der Waals surface area contributed by atoms with E-state index in [1.165, 1.54) is 0 Å². The molecule has 0 aromatic rings. The van der Waals surface area contributed by atoms with E-state index < -0.39 is 109 Å². The maximum absolute atomic E-state index is 12.5. The number of nitrogens with one attached hydrogen (secondary N) is 6. The van der Waals surface area contributed by atoms with Gasteiger partial charge in [-0.2, -0.15) is 0 Å². The van der Waals surface area contributed by atoms with E-state index >= 15 is 0 Å². The Bertz CT molecular complexity index is 1600. The van der Waals surface area contributed by atoms with Crippen LogP contribution in [-0.4, -0.2) is 155 Å². The van der Waals surface area contributed by atoms with Crippen LogP contribution in [0, 0.1) is 5.92 Å². The Labute approximate surface area is 396 Å². The van der Waals surface area contributed by atoms with Gasteiger partial charge in [0, 0.05) is 91.0 Å². The average Bonchev–Trinajstić information content (AvgIpc) is 3.27. The minimum Gasteiger partial charge on any atom is -0.481 e. The summed E-state index contributed by atoms with van der Waals surface area (Å²) in [5, 5.41) is 60.8. The van der Waals surface area contributed by atoms with Gasteiger partial charge < -0.3 is 66.9 Å². The standard InChI is InChI=1S/C44H74N6O18/c1-30(41(59)60)12-6-7-23-45-35(52)18-15-31(42(61)62)48-37(54)19-16-32(43(63)64)49-38(55)20-17-33(44(65)66)50-39(56)22-21-36(53)47-25-11-29-68-27-9-8-26-67-28-10-24-46-34(51)13-4-2-3-5-14-40(57)58/h30-33H,2-29H2,1H3,(H,45,52)(H,46,51)(H,47,53)(H,48,54)(H,49,55)(H,50,56)(H,57,58)(H,59,60)(H,61,62)(H,63,64)(H,65,66)/t30-,31-,32-,33-/m0/s1. The van der Waals surface area contributed by atoms with Crippen LogP contribution in [0.3, 0.4) is 0 Å². The van der Waals surface area contributed by atoms with Crippen molar-refractivity contribution >= 4 is 65.3 Å². The minimum absolute atomic E-state index is 0.0265. The highest BCUT2D eigenvalue weighted by molar-refractivity contribution is 5.88. The number of carboxylic acid groups (broad SMARTS) is 5. The van der Waals surface area contributed by atoms with Crippen molar-refractivity contribution in [1.82, 2.24) is 31.9 Å². The van der Waals surface area contributed by atoms with E-state index in [0.29, 0.717) is 77.9 Å². The molecule has 0 rings (SSSR count). The Morgan fingerprint density at radius 2 is 0.706 bits per heavy atom. The summed E-state index contributed by atoms with van der Waals surface area (Å²) in [7, 11) is 0. The first-order valence-electron chi connectivity index (χ1n) is 23.3. The third-order valence-corrected chi connectivity index (χ3v) is 10.2. The Balaban J connectivity index is 4.24. The number of amides is 6. The van der Waals surface area contributed by atoms with Gasteiger partial charge in [-0.1, -0.05) is 26.2 Å². The van der Waals surface area contributed by atoms with Crippen LogP contribution in [0.5, 0.6) is 0 Å². The van der Waals surface area contributed by atoms with Crippen molar-refractivity contribution in [3.05, 3.63) is 0 Å². The summed E-state index contributed by atoms with van der Waals surface area (Å²) in [5.41, 5.74) is 0. The molecular formula is C44H74N6O18. The second kappa shape index (κ2) is 39.1. The van der Waals surface area contributed by atoms with Gasteiger partial charge >= 0.3 is 29.8 Å². The van der Waals surface area contributed by atoms with Gasteiger partial charge in [-0.15, -0.1) is 0 Å². The van der Waals surface area contributed by atoms with E-state index in [9.17, 15) is 68.1 Å². The number of carbonyl (C=O) groups excluding carboxylic acids is 6. The molecule has 0 bridgehead atoms. The van der Waals surface area contributed by atoms with Gasteiger partial charge in [0.25, 0.3) is 0 Å². The monoisotopic (exact) mass is 975 g/mol. The fourth-order valence-electron chi connectivity index (χ4n) is 6.15. The second-order valence-electron chi connectivity index (χ2n) is 16.2. The molecule has 68 heavy (non-hydrogen) atoms. The van der Waals surface area contributed by atoms with E-state index in [1.807, 2.05) is 0 Å². The summed E-state index contributed by atoms with van der Waals surface area (Å²) in [4.78, 5) is 130. The summed E-state index contributed by atoms with van der Waals surface area (Å²) in [6, 6.07) is -4.61. The van der Waals surface area contributed by atoms with E-state index in [2.05, 4.69) is 31.9 Å². The number of hydrogen-bond donors (Lipinski definition) is 11. The average molecular weight is 975 g/mol. The van der Waals surface area contributed by atoms with Crippen LogP contribution in [0.2, 0.25) is 0 Å². The number of aliphatic carboxylic acids is 5. The quantitative estimate of drug-likeness (QED) is 0.0380. The molecule has 0 aliphatic carbocycles. The van der Waals surface area contributed by atoms with E-state index in [4.69, 9.17) is 19.7 Å². The largest absolute Gasteiger partial charge is 0.481 e. The van der Waals surface area contributed by atoms with Gasteiger partial charge in [0.15, 0.2) is 0 Å². The lowest BCUT2D eigenvalue weighted by Crippen LogP contribution is -2.45. The summed E-state index contributed by atoms with van der Waals surface area (Å²) in [6.45, 7) is 4.58. The Kier molecular flexibility index (Phi) is 35.7. The zero-order valence-corrected chi connectivity index (χ0v) is 39.2. The minimum atomic E-state index is -1.60. The van der Waals surface area contributed by atoms with Gasteiger partial charge in [-0.3, -0.25) is 38.4 Å². The maximum Gasteiger partial charge on any atom is 0.326 e. The summed E-state index contributed by atoms with van der Waals surface area (Å²) < 4.78 is 11.1. The third kappa shape index (κ3) is 36.2. The van der Waals surface area contributed by atoms with Crippen molar-refractivity contribution in [3.63, 3.8) is 0 Å². The molecule has 0 spiro atoms. The molecule has 4 atom stereocenters. The molecule has 0 heterocycles. The Morgan fingerprint density at radius 1 is 0.353 bits per heavy atom. The molecule has 0 aromatic carbocycles. The lowest BCUT2D eigenvalue weighted by molar-refractivity contribution is -0.144. The van der Waals surface area contributed by atoms with Crippen LogP contribution in [0.1, 0.15) is 142 Å². The molecule has 24 heteroatoms. The summed E-state index contributed by atoms with van der Waals surface area (Å²) in [5.74, 6) is -10.2. The fourth-order valence-corrected chi connectivity index (χ4v) is 6.15. The summed E-state index contributed by atoms with van der Waals surface area (Å²) >= 11 is 0. The van der Waals surface area contributed by atoms with Crippen LogP contribution < -0.4 is 31.9 Å². The van der Waals surface area contributed by atoms with Crippen LogP contribution in [0.25, 0.3) is 0 Å². The highest BCUT2D eigenvalue weighted by Crippen LogP contribution is 2.09. The molecule has 0 aromatic heterocycles. The summed E-state index contributed by atoms with van der Waals surface area (Å²) in [6.07, 6.45) is 4.74. The normalized spacial score (nSPS) is 12.6. The van der Waals surface area contributed by atoms with Crippen molar-refractivity contribution in [2.45, 2.75) is 160 Å².